The van der Waals surface area contributed by atoms with E-state index in [9.17, 15) is 9.13 Å². The second-order valence-corrected chi connectivity index (χ2v) is 4.86. The first-order valence-electron chi connectivity index (χ1n) is 5.11. The summed E-state index contributed by atoms with van der Waals surface area (Å²) >= 11 is 0. The normalized spacial score (nSPS) is 16.8. The van der Waals surface area contributed by atoms with Gasteiger partial charge in [-0.15, -0.1) is 18.8 Å². The molecular weight excluding hydrogens is 254 g/mol. The molecule has 0 bridgehead atoms. The van der Waals surface area contributed by atoms with Gasteiger partial charge in [0.15, 0.2) is 0 Å². The van der Waals surface area contributed by atoms with E-state index in [0.29, 0.717) is 19.3 Å². The van der Waals surface area contributed by atoms with Crippen molar-refractivity contribution in [1.82, 2.24) is 0 Å². The maximum Gasteiger partial charge on any atom is 0.694 e. The van der Waals surface area contributed by atoms with Crippen molar-refractivity contribution in [3.05, 3.63) is 0 Å². The van der Waals surface area contributed by atoms with Crippen LogP contribution >= 0.6 is 16.5 Å². The zero-order valence-corrected chi connectivity index (χ0v) is 11.2. The molecule has 0 rings (SSSR count). The summed E-state index contributed by atoms with van der Waals surface area (Å²) in [6.45, 7) is 3.62. The van der Waals surface area contributed by atoms with Crippen LogP contribution in [0.25, 0.3) is 0 Å². The van der Waals surface area contributed by atoms with E-state index in [0.717, 1.165) is 6.42 Å². The Balaban J connectivity index is 3.90. The predicted molar refractivity (Wildman–Crippen MR) is 59.2 cm³/mol. The fourth-order valence-electron chi connectivity index (χ4n) is 1.33. The Kier molecular flexibility index (Phi) is 9.13. The van der Waals surface area contributed by atoms with Gasteiger partial charge >= 0.3 is 16.5 Å². The highest BCUT2D eigenvalue weighted by molar-refractivity contribution is 7.32. The zero-order valence-electron chi connectivity index (χ0n) is 9.40. The third kappa shape index (κ3) is 9.28. The van der Waals surface area contributed by atoms with Crippen molar-refractivity contribution in [2.75, 3.05) is 0 Å². The Morgan fingerprint density at radius 1 is 1.06 bits per heavy atom. The number of rotatable bonds is 9. The van der Waals surface area contributed by atoms with E-state index in [1.807, 2.05) is 6.92 Å². The molecule has 0 spiro atoms. The van der Waals surface area contributed by atoms with Crippen molar-refractivity contribution in [3.63, 3.8) is 0 Å². The molecule has 0 radical (unpaired) electrons. The lowest BCUT2D eigenvalue weighted by atomic mass is 10.1. The molecule has 0 aromatic rings. The van der Waals surface area contributed by atoms with E-state index in [1.54, 1.807) is 6.92 Å². The summed E-state index contributed by atoms with van der Waals surface area (Å²) in [6, 6.07) is 0. The lowest BCUT2D eigenvalue weighted by Crippen LogP contribution is -2.13. The Labute approximate surface area is 96.9 Å². The molecule has 8 heteroatoms. The maximum atomic E-state index is 10.5. The molecule has 0 fully saturated rings. The highest BCUT2D eigenvalue weighted by Crippen LogP contribution is 2.26. The molecular formula is C8H18O6P2+2. The van der Waals surface area contributed by atoms with Gasteiger partial charge in [0.1, 0.15) is 12.2 Å². The standard InChI is InChI=1S/C8H16O6P2/c1-3-4-8(14-16(11)12)6-5-7(2)13-15(9)10/h7-8H,3-6H2,1-2H3/p+2/t7-,8+/m0/s1. The van der Waals surface area contributed by atoms with Crippen molar-refractivity contribution in [2.45, 2.75) is 51.7 Å². The minimum atomic E-state index is -2.60. The second kappa shape index (κ2) is 9.11. The van der Waals surface area contributed by atoms with Gasteiger partial charge < -0.3 is 0 Å². The van der Waals surface area contributed by atoms with Crippen molar-refractivity contribution in [2.24, 2.45) is 0 Å². The molecule has 0 aliphatic heterocycles. The fraction of sp³-hybridized carbons (Fsp3) is 1.00. The number of hydrogen-bond donors (Lipinski definition) is 2. The molecule has 0 heterocycles. The lowest BCUT2D eigenvalue weighted by molar-refractivity contribution is 0.135. The first kappa shape index (κ1) is 16.0. The fourth-order valence-corrected chi connectivity index (χ4v) is 2.21. The van der Waals surface area contributed by atoms with Gasteiger partial charge in [-0.25, -0.2) is 0 Å². The van der Waals surface area contributed by atoms with E-state index in [4.69, 9.17) is 14.3 Å². The van der Waals surface area contributed by atoms with Gasteiger partial charge in [-0.1, -0.05) is 13.3 Å². The molecule has 16 heavy (non-hydrogen) atoms. The van der Waals surface area contributed by atoms with Crippen molar-refractivity contribution >= 4 is 16.5 Å². The largest absolute Gasteiger partial charge is 0.694 e. The Morgan fingerprint density at radius 2 is 1.62 bits per heavy atom. The Bertz CT molecular complexity index is 235. The van der Waals surface area contributed by atoms with Crippen molar-refractivity contribution in [3.8, 4) is 0 Å². The van der Waals surface area contributed by atoms with Crippen LogP contribution < -0.4 is 0 Å². The molecule has 0 aromatic carbocycles. The smallest absolute Gasteiger partial charge is 0.133 e. The van der Waals surface area contributed by atoms with Crippen molar-refractivity contribution < 1.29 is 28.0 Å². The van der Waals surface area contributed by atoms with Gasteiger partial charge in [0, 0.05) is 9.13 Å². The molecule has 2 unspecified atom stereocenters. The van der Waals surface area contributed by atoms with Gasteiger partial charge in [-0.05, 0) is 26.2 Å². The van der Waals surface area contributed by atoms with Gasteiger partial charge in [-0.3, -0.25) is 0 Å². The van der Waals surface area contributed by atoms with Gasteiger partial charge in [0.05, 0.1) is 0 Å². The molecule has 4 atom stereocenters. The topological polar surface area (TPSA) is 93.1 Å². The van der Waals surface area contributed by atoms with E-state index in [-0.39, 0.29) is 12.2 Å². The molecule has 0 aromatic heterocycles. The quantitative estimate of drug-likeness (QED) is 0.627. The molecule has 0 aliphatic rings. The summed E-state index contributed by atoms with van der Waals surface area (Å²) in [5, 5.41) is 0. The summed E-state index contributed by atoms with van der Waals surface area (Å²) in [5.74, 6) is 0. The van der Waals surface area contributed by atoms with E-state index in [1.165, 1.54) is 0 Å². The highest BCUT2D eigenvalue weighted by Gasteiger charge is 2.25. The monoisotopic (exact) mass is 272 g/mol. The third-order valence-electron chi connectivity index (χ3n) is 2.02. The van der Waals surface area contributed by atoms with Crippen LogP contribution in [0.4, 0.5) is 0 Å². The molecule has 6 nitrogen and oxygen atoms in total. The third-order valence-corrected chi connectivity index (χ3v) is 3.03. The summed E-state index contributed by atoms with van der Waals surface area (Å²) in [6.07, 6.45) is 1.89. The second-order valence-electron chi connectivity index (χ2n) is 3.49. The van der Waals surface area contributed by atoms with Crippen LogP contribution in [0.5, 0.6) is 0 Å². The first-order valence-corrected chi connectivity index (χ1v) is 7.37. The van der Waals surface area contributed by atoms with Crippen LogP contribution in [0.2, 0.25) is 0 Å². The van der Waals surface area contributed by atoms with Crippen LogP contribution in [0.1, 0.15) is 39.5 Å². The lowest BCUT2D eigenvalue weighted by Gasteiger charge is -2.09. The van der Waals surface area contributed by atoms with Gasteiger partial charge in [-0.2, -0.15) is 0 Å². The van der Waals surface area contributed by atoms with E-state index < -0.39 is 16.5 Å². The average Bonchev–Trinajstić information content (AvgIpc) is 2.12. The zero-order chi connectivity index (χ0) is 12.6. The van der Waals surface area contributed by atoms with Gasteiger partial charge in [0.25, 0.3) is 0 Å². The summed E-state index contributed by atoms with van der Waals surface area (Å²) in [5.41, 5.74) is 0. The summed E-state index contributed by atoms with van der Waals surface area (Å²) < 4.78 is 30.4. The average molecular weight is 272 g/mol. The van der Waals surface area contributed by atoms with Crippen LogP contribution in [0.15, 0.2) is 0 Å². The molecule has 0 amide bonds. The minimum Gasteiger partial charge on any atom is -0.133 e. The Hall–Kier alpha value is 0.0400. The molecule has 0 aliphatic carbocycles. The van der Waals surface area contributed by atoms with Crippen LogP contribution in [0, 0.1) is 0 Å². The molecule has 2 N–H and O–H groups in total. The minimum absolute atomic E-state index is 0.304. The molecule has 0 saturated carbocycles. The number of hydrogen-bond acceptors (Lipinski definition) is 4. The molecule has 94 valence electrons. The van der Waals surface area contributed by atoms with E-state index in [2.05, 4.69) is 4.52 Å². The summed E-state index contributed by atoms with van der Waals surface area (Å²) in [4.78, 5) is 17.1. The van der Waals surface area contributed by atoms with Crippen LogP contribution in [-0.4, -0.2) is 22.0 Å². The maximum absolute atomic E-state index is 10.5. The van der Waals surface area contributed by atoms with Crippen LogP contribution in [-0.2, 0) is 18.2 Å². The SMILES string of the molecule is CCC[C@H](CC[C@H](C)O[P+](=O)O)O[P+](=O)O. The molecule has 0 saturated heterocycles. The Morgan fingerprint density at radius 3 is 2.06 bits per heavy atom. The van der Waals surface area contributed by atoms with E-state index >= 15 is 0 Å². The predicted octanol–water partition coefficient (Wildman–Crippen LogP) is 2.66. The van der Waals surface area contributed by atoms with Gasteiger partial charge in [0.2, 0.25) is 0 Å². The van der Waals surface area contributed by atoms with Crippen molar-refractivity contribution in [1.29, 1.82) is 0 Å². The highest BCUT2D eigenvalue weighted by atomic mass is 31.1. The first-order chi connectivity index (χ1) is 7.45. The van der Waals surface area contributed by atoms with Crippen LogP contribution in [0.3, 0.4) is 0 Å². The summed E-state index contributed by atoms with van der Waals surface area (Å²) in [7, 11) is -5.19.